The summed E-state index contributed by atoms with van der Waals surface area (Å²) in [6.07, 6.45) is 2.76. The third-order valence-electron chi connectivity index (χ3n) is 3.16. The number of thiazole rings is 1. The molecule has 0 saturated heterocycles. The lowest BCUT2D eigenvalue weighted by Crippen LogP contribution is -2.13. The maximum atomic E-state index is 5.88. The van der Waals surface area contributed by atoms with Gasteiger partial charge in [-0.25, -0.2) is 4.98 Å². The smallest absolute Gasteiger partial charge is 0.134 e. The van der Waals surface area contributed by atoms with E-state index >= 15 is 0 Å². The summed E-state index contributed by atoms with van der Waals surface area (Å²) in [7, 11) is 0. The first-order valence-electron chi connectivity index (χ1n) is 6.47. The normalized spacial score (nSPS) is 11.2. The van der Waals surface area contributed by atoms with Crippen molar-refractivity contribution in [3.05, 3.63) is 52.2 Å². The predicted octanol–water partition coefficient (Wildman–Crippen LogP) is 3.74. The summed E-state index contributed by atoms with van der Waals surface area (Å²) in [6, 6.07) is 8.22. The van der Waals surface area contributed by atoms with Crippen LogP contribution in [0, 0.1) is 0 Å². The molecule has 3 aromatic rings. The van der Waals surface area contributed by atoms with Crippen molar-refractivity contribution in [2.45, 2.75) is 26.4 Å². The number of hydrogen-bond acceptors (Lipinski definition) is 4. The summed E-state index contributed by atoms with van der Waals surface area (Å²) in [6.45, 7) is 3.75. The second kappa shape index (κ2) is 5.55. The summed E-state index contributed by atoms with van der Waals surface area (Å²) in [5, 5.41) is 7.78. The van der Waals surface area contributed by atoms with Gasteiger partial charge in [-0.05, 0) is 6.07 Å². The Bertz CT molecular complexity index is 658. The molecule has 0 bridgehead atoms. The molecule has 0 amide bonds. The van der Waals surface area contributed by atoms with E-state index in [0.29, 0.717) is 0 Å². The molecule has 4 heteroatoms. The maximum absolute atomic E-state index is 5.88. The van der Waals surface area contributed by atoms with Gasteiger partial charge in [0.05, 0.1) is 0 Å². The number of fused-ring (bicyclic) bond motifs is 1. The van der Waals surface area contributed by atoms with Crippen LogP contribution in [0.4, 0.5) is 0 Å². The Morgan fingerprint density at radius 1 is 1.26 bits per heavy atom. The number of nitrogens with zero attached hydrogens (tertiary/aromatic N) is 1. The molecule has 0 spiro atoms. The first-order chi connectivity index (χ1) is 9.38. The van der Waals surface area contributed by atoms with Crippen LogP contribution in [-0.2, 0) is 19.5 Å². The highest BCUT2D eigenvalue weighted by Crippen LogP contribution is 2.26. The highest BCUT2D eigenvalue weighted by molar-refractivity contribution is 7.09. The van der Waals surface area contributed by atoms with Crippen molar-refractivity contribution in [1.29, 1.82) is 0 Å². The lowest BCUT2D eigenvalue weighted by Gasteiger charge is -2.03. The Morgan fingerprint density at radius 3 is 2.95 bits per heavy atom. The highest BCUT2D eigenvalue weighted by atomic mass is 32.1. The summed E-state index contributed by atoms with van der Waals surface area (Å²) in [5.74, 6) is 1.08. The van der Waals surface area contributed by atoms with E-state index in [1.807, 2.05) is 23.7 Å². The molecule has 0 atom stereocenters. The van der Waals surface area contributed by atoms with E-state index in [0.717, 1.165) is 35.9 Å². The molecule has 3 rings (SSSR count). The van der Waals surface area contributed by atoms with Crippen molar-refractivity contribution < 1.29 is 4.42 Å². The molecule has 2 heterocycles. The van der Waals surface area contributed by atoms with Crippen LogP contribution in [0.2, 0.25) is 0 Å². The molecule has 0 radical (unpaired) electrons. The van der Waals surface area contributed by atoms with Gasteiger partial charge >= 0.3 is 0 Å². The van der Waals surface area contributed by atoms with Gasteiger partial charge < -0.3 is 9.73 Å². The molecule has 0 saturated carbocycles. The fourth-order valence-corrected chi connectivity index (χ4v) is 2.85. The third-order valence-corrected chi connectivity index (χ3v) is 3.94. The minimum absolute atomic E-state index is 0.806. The van der Waals surface area contributed by atoms with Gasteiger partial charge in [-0.2, -0.15) is 0 Å². The van der Waals surface area contributed by atoms with E-state index in [1.165, 1.54) is 10.9 Å². The van der Waals surface area contributed by atoms with Crippen molar-refractivity contribution in [2.24, 2.45) is 0 Å². The minimum Gasteiger partial charge on any atom is -0.461 e. The average molecular weight is 272 g/mol. The Morgan fingerprint density at radius 2 is 2.16 bits per heavy atom. The van der Waals surface area contributed by atoms with E-state index in [-0.39, 0.29) is 0 Å². The van der Waals surface area contributed by atoms with Crippen molar-refractivity contribution >= 4 is 22.3 Å². The average Bonchev–Trinajstić information content (AvgIpc) is 3.06. The van der Waals surface area contributed by atoms with E-state index < -0.39 is 0 Å². The van der Waals surface area contributed by atoms with Crippen molar-refractivity contribution in [2.75, 3.05) is 0 Å². The SMILES string of the molecule is CCc1oc2ccccc2c1CNCc1nccs1. The van der Waals surface area contributed by atoms with Gasteiger partial charge in [0.25, 0.3) is 0 Å². The number of aryl methyl sites for hydroxylation is 1. The molecule has 0 aliphatic carbocycles. The number of rotatable bonds is 5. The Hall–Kier alpha value is -1.65. The van der Waals surface area contributed by atoms with E-state index in [1.54, 1.807) is 11.3 Å². The van der Waals surface area contributed by atoms with Crippen LogP contribution in [0.15, 0.2) is 40.3 Å². The number of para-hydroxylation sites is 1. The van der Waals surface area contributed by atoms with Crippen molar-refractivity contribution in [3.8, 4) is 0 Å². The molecule has 1 aromatic carbocycles. The topological polar surface area (TPSA) is 38.1 Å². The quantitative estimate of drug-likeness (QED) is 0.769. The molecular weight excluding hydrogens is 256 g/mol. The van der Waals surface area contributed by atoms with Gasteiger partial charge in [-0.3, -0.25) is 0 Å². The van der Waals surface area contributed by atoms with Crippen LogP contribution in [0.25, 0.3) is 11.0 Å². The summed E-state index contributed by atoms with van der Waals surface area (Å²) < 4.78 is 5.88. The van der Waals surface area contributed by atoms with Crippen LogP contribution in [-0.4, -0.2) is 4.98 Å². The molecular formula is C15H16N2OS. The number of hydrogen-bond donors (Lipinski definition) is 1. The van der Waals surface area contributed by atoms with Crippen LogP contribution in [0.3, 0.4) is 0 Å². The lowest BCUT2D eigenvalue weighted by atomic mass is 10.1. The number of furan rings is 1. The summed E-state index contributed by atoms with van der Waals surface area (Å²) >= 11 is 1.68. The van der Waals surface area contributed by atoms with Crippen LogP contribution in [0.5, 0.6) is 0 Å². The zero-order valence-corrected chi connectivity index (χ0v) is 11.7. The molecule has 0 aliphatic rings. The number of nitrogens with one attached hydrogen (secondary N) is 1. The molecule has 0 fully saturated rings. The van der Waals surface area contributed by atoms with Gasteiger partial charge in [-0.1, -0.05) is 25.1 Å². The van der Waals surface area contributed by atoms with E-state index in [2.05, 4.69) is 29.4 Å². The Labute approximate surface area is 116 Å². The molecule has 2 aromatic heterocycles. The number of benzene rings is 1. The molecule has 3 nitrogen and oxygen atoms in total. The van der Waals surface area contributed by atoms with Crippen LogP contribution in [0.1, 0.15) is 23.3 Å². The second-order valence-electron chi connectivity index (χ2n) is 4.38. The Balaban J connectivity index is 1.79. The van der Waals surface area contributed by atoms with Gasteiger partial charge in [0.15, 0.2) is 0 Å². The first-order valence-corrected chi connectivity index (χ1v) is 7.35. The second-order valence-corrected chi connectivity index (χ2v) is 5.36. The Kier molecular flexibility index (Phi) is 3.62. The van der Waals surface area contributed by atoms with Gasteiger partial charge in [0.1, 0.15) is 16.4 Å². The largest absolute Gasteiger partial charge is 0.461 e. The van der Waals surface area contributed by atoms with Crippen LogP contribution < -0.4 is 5.32 Å². The summed E-state index contributed by atoms with van der Waals surface area (Å²) in [4.78, 5) is 4.27. The van der Waals surface area contributed by atoms with Crippen LogP contribution >= 0.6 is 11.3 Å². The lowest BCUT2D eigenvalue weighted by molar-refractivity contribution is 0.544. The minimum atomic E-state index is 0.806. The van der Waals surface area contributed by atoms with E-state index in [9.17, 15) is 0 Å². The van der Waals surface area contributed by atoms with Gasteiger partial charge in [0.2, 0.25) is 0 Å². The standard InChI is InChI=1S/C15H16N2OS/c1-2-13-12(9-16-10-15-17-7-8-19-15)11-5-3-4-6-14(11)18-13/h3-8,16H,2,9-10H2,1H3. The predicted molar refractivity (Wildman–Crippen MR) is 78.2 cm³/mol. The zero-order valence-electron chi connectivity index (χ0n) is 10.8. The fourth-order valence-electron chi connectivity index (χ4n) is 2.26. The molecule has 0 unspecified atom stereocenters. The number of aromatic nitrogens is 1. The zero-order chi connectivity index (χ0) is 13.1. The van der Waals surface area contributed by atoms with E-state index in [4.69, 9.17) is 4.42 Å². The molecule has 1 N–H and O–H groups in total. The fraction of sp³-hybridized carbons (Fsp3) is 0.267. The third kappa shape index (κ3) is 2.55. The highest BCUT2D eigenvalue weighted by Gasteiger charge is 2.11. The molecule has 0 aliphatic heterocycles. The van der Waals surface area contributed by atoms with Gasteiger partial charge in [0, 0.05) is 42.0 Å². The van der Waals surface area contributed by atoms with Crippen molar-refractivity contribution in [3.63, 3.8) is 0 Å². The molecule has 19 heavy (non-hydrogen) atoms. The molecule has 98 valence electrons. The summed E-state index contributed by atoms with van der Waals surface area (Å²) in [5.41, 5.74) is 2.25. The van der Waals surface area contributed by atoms with Crippen molar-refractivity contribution in [1.82, 2.24) is 10.3 Å². The monoisotopic (exact) mass is 272 g/mol. The first kappa shape index (κ1) is 12.4. The van der Waals surface area contributed by atoms with Gasteiger partial charge in [-0.15, -0.1) is 11.3 Å². The maximum Gasteiger partial charge on any atom is 0.134 e.